The molecule has 1 saturated heterocycles. The van der Waals surface area contributed by atoms with Crippen LogP contribution in [0.4, 0.5) is 0 Å². The van der Waals surface area contributed by atoms with Crippen molar-refractivity contribution in [2.24, 2.45) is 0 Å². The standard InChI is InChI=1S/C10H17NOS/c1-3-10(12)11-7-5-4-6-9(8-11)13-2/h3,9H,1,4-8H2,2H3. The first kappa shape index (κ1) is 10.6. The van der Waals surface area contributed by atoms with Crippen LogP contribution in [-0.2, 0) is 4.79 Å². The lowest BCUT2D eigenvalue weighted by Crippen LogP contribution is -2.34. The van der Waals surface area contributed by atoms with Crippen molar-refractivity contribution in [2.75, 3.05) is 19.3 Å². The average Bonchev–Trinajstić information content (AvgIpc) is 2.41. The van der Waals surface area contributed by atoms with Gasteiger partial charge in [-0.25, -0.2) is 0 Å². The molecule has 74 valence electrons. The van der Waals surface area contributed by atoms with Crippen LogP contribution in [-0.4, -0.2) is 35.4 Å². The summed E-state index contributed by atoms with van der Waals surface area (Å²) < 4.78 is 0. The second-order valence-electron chi connectivity index (χ2n) is 3.34. The minimum absolute atomic E-state index is 0.0842. The molecular weight excluding hydrogens is 182 g/mol. The van der Waals surface area contributed by atoms with Crippen LogP contribution in [0.2, 0.25) is 0 Å². The highest BCUT2D eigenvalue weighted by Gasteiger charge is 2.19. The number of hydrogen-bond acceptors (Lipinski definition) is 2. The van der Waals surface area contributed by atoms with Crippen LogP contribution in [0.5, 0.6) is 0 Å². The van der Waals surface area contributed by atoms with Gasteiger partial charge in [0.1, 0.15) is 0 Å². The molecule has 1 heterocycles. The average molecular weight is 199 g/mol. The lowest BCUT2D eigenvalue weighted by Gasteiger charge is -2.21. The molecule has 0 spiro atoms. The molecule has 0 aromatic rings. The Morgan fingerprint density at radius 3 is 3.00 bits per heavy atom. The van der Waals surface area contributed by atoms with Crippen molar-refractivity contribution in [1.82, 2.24) is 4.90 Å². The van der Waals surface area contributed by atoms with Gasteiger partial charge in [-0.3, -0.25) is 4.79 Å². The Hall–Kier alpha value is -0.440. The van der Waals surface area contributed by atoms with Crippen LogP contribution in [0.3, 0.4) is 0 Å². The van der Waals surface area contributed by atoms with Crippen molar-refractivity contribution in [1.29, 1.82) is 0 Å². The molecule has 0 N–H and O–H groups in total. The van der Waals surface area contributed by atoms with Gasteiger partial charge >= 0.3 is 0 Å². The van der Waals surface area contributed by atoms with Gasteiger partial charge in [-0.2, -0.15) is 11.8 Å². The van der Waals surface area contributed by atoms with Crippen LogP contribution in [0, 0.1) is 0 Å². The minimum Gasteiger partial charge on any atom is -0.338 e. The van der Waals surface area contributed by atoms with E-state index in [0.29, 0.717) is 5.25 Å². The first-order chi connectivity index (χ1) is 6.27. The van der Waals surface area contributed by atoms with E-state index in [0.717, 1.165) is 19.5 Å². The Morgan fingerprint density at radius 1 is 1.62 bits per heavy atom. The van der Waals surface area contributed by atoms with E-state index >= 15 is 0 Å². The van der Waals surface area contributed by atoms with Crippen molar-refractivity contribution in [3.63, 3.8) is 0 Å². The number of rotatable bonds is 2. The fourth-order valence-corrected chi connectivity index (χ4v) is 2.36. The molecule has 1 unspecified atom stereocenters. The van der Waals surface area contributed by atoms with E-state index in [1.807, 2.05) is 16.7 Å². The van der Waals surface area contributed by atoms with E-state index < -0.39 is 0 Å². The first-order valence-electron chi connectivity index (χ1n) is 4.72. The monoisotopic (exact) mass is 199 g/mol. The van der Waals surface area contributed by atoms with Crippen molar-refractivity contribution in [2.45, 2.75) is 24.5 Å². The topological polar surface area (TPSA) is 20.3 Å². The number of amides is 1. The SMILES string of the molecule is C=CC(=O)N1CCCCC(SC)C1. The number of hydrogen-bond donors (Lipinski definition) is 0. The lowest BCUT2D eigenvalue weighted by atomic mass is 10.2. The molecule has 1 aliphatic rings. The molecule has 3 heteroatoms. The van der Waals surface area contributed by atoms with Crippen LogP contribution in [0.15, 0.2) is 12.7 Å². The van der Waals surface area contributed by atoms with Gasteiger partial charge in [-0.05, 0) is 25.2 Å². The number of likely N-dealkylation sites (tertiary alicyclic amines) is 1. The Kier molecular flexibility index (Phi) is 4.36. The predicted molar refractivity (Wildman–Crippen MR) is 57.9 cm³/mol. The molecule has 0 aliphatic carbocycles. The molecule has 13 heavy (non-hydrogen) atoms. The molecule has 1 amide bonds. The van der Waals surface area contributed by atoms with Crippen LogP contribution >= 0.6 is 11.8 Å². The van der Waals surface area contributed by atoms with Gasteiger partial charge in [-0.15, -0.1) is 0 Å². The van der Waals surface area contributed by atoms with E-state index in [1.54, 1.807) is 0 Å². The van der Waals surface area contributed by atoms with E-state index in [1.165, 1.54) is 18.9 Å². The maximum absolute atomic E-state index is 11.4. The quantitative estimate of drug-likeness (QED) is 0.633. The molecule has 0 radical (unpaired) electrons. The highest BCUT2D eigenvalue weighted by atomic mass is 32.2. The zero-order valence-corrected chi connectivity index (χ0v) is 8.98. The summed E-state index contributed by atoms with van der Waals surface area (Å²) in [6.07, 6.45) is 7.15. The molecule has 1 rings (SSSR count). The van der Waals surface area contributed by atoms with Gasteiger partial charge in [0.25, 0.3) is 0 Å². The van der Waals surface area contributed by atoms with Gasteiger partial charge in [-0.1, -0.05) is 13.0 Å². The largest absolute Gasteiger partial charge is 0.338 e. The Labute approximate surface area is 84.4 Å². The summed E-state index contributed by atoms with van der Waals surface area (Å²) in [7, 11) is 0. The summed E-state index contributed by atoms with van der Waals surface area (Å²) >= 11 is 1.86. The van der Waals surface area contributed by atoms with Gasteiger partial charge < -0.3 is 4.90 Å². The minimum atomic E-state index is 0.0842. The summed E-state index contributed by atoms with van der Waals surface area (Å²) in [6.45, 7) is 5.32. The number of carbonyl (C=O) groups is 1. The molecule has 0 aromatic carbocycles. The summed E-state index contributed by atoms with van der Waals surface area (Å²) in [4.78, 5) is 13.3. The predicted octanol–water partition coefficient (Wildman–Crippen LogP) is 1.92. The summed E-state index contributed by atoms with van der Waals surface area (Å²) in [6, 6.07) is 0. The number of thioether (sulfide) groups is 1. The van der Waals surface area contributed by atoms with Gasteiger partial charge in [0, 0.05) is 18.3 Å². The van der Waals surface area contributed by atoms with E-state index in [-0.39, 0.29) is 5.91 Å². The lowest BCUT2D eigenvalue weighted by molar-refractivity contribution is -0.125. The first-order valence-corrected chi connectivity index (χ1v) is 6.01. The van der Waals surface area contributed by atoms with Gasteiger partial charge in [0.2, 0.25) is 5.91 Å². The van der Waals surface area contributed by atoms with Gasteiger partial charge in [0.15, 0.2) is 0 Å². The highest BCUT2D eigenvalue weighted by Crippen LogP contribution is 2.19. The molecule has 1 atom stereocenters. The maximum Gasteiger partial charge on any atom is 0.245 e. The number of carbonyl (C=O) groups excluding carboxylic acids is 1. The molecule has 2 nitrogen and oxygen atoms in total. The number of nitrogens with zero attached hydrogens (tertiary/aromatic N) is 1. The summed E-state index contributed by atoms with van der Waals surface area (Å²) in [5, 5.41) is 0.617. The summed E-state index contributed by atoms with van der Waals surface area (Å²) in [5.41, 5.74) is 0. The van der Waals surface area contributed by atoms with E-state index in [2.05, 4.69) is 12.8 Å². The Balaban J connectivity index is 2.53. The highest BCUT2D eigenvalue weighted by molar-refractivity contribution is 7.99. The fraction of sp³-hybridized carbons (Fsp3) is 0.700. The normalized spacial score (nSPS) is 23.8. The fourth-order valence-electron chi connectivity index (χ4n) is 1.62. The maximum atomic E-state index is 11.4. The third kappa shape index (κ3) is 3.07. The van der Waals surface area contributed by atoms with Crippen molar-refractivity contribution in [3.8, 4) is 0 Å². The molecule has 0 saturated carbocycles. The Morgan fingerprint density at radius 2 is 2.38 bits per heavy atom. The Bertz CT molecular complexity index is 193. The second-order valence-corrected chi connectivity index (χ2v) is 4.48. The molecule has 1 aliphatic heterocycles. The van der Waals surface area contributed by atoms with Crippen LogP contribution in [0.1, 0.15) is 19.3 Å². The van der Waals surface area contributed by atoms with Crippen LogP contribution in [0.25, 0.3) is 0 Å². The summed E-state index contributed by atoms with van der Waals surface area (Å²) in [5.74, 6) is 0.0842. The second kappa shape index (κ2) is 5.32. The zero-order valence-electron chi connectivity index (χ0n) is 8.16. The van der Waals surface area contributed by atoms with E-state index in [9.17, 15) is 4.79 Å². The molecular formula is C10H17NOS. The molecule has 1 fully saturated rings. The van der Waals surface area contributed by atoms with Crippen molar-refractivity contribution in [3.05, 3.63) is 12.7 Å². The van der Waals surface area contributed by atoms with Crippen molar-refractivity contribution >= 4 is 17.7 Å². The third-order valence-electron chi connectivity index (χ3n) is 2.45. The van der Waals surface area contributed by atoms with Gasteiger partial charge in [0.05, 0.1) is 0 Å². The molecule has 0 bridgehead atoms. The molecule has 0 aromatic heterocycles. The smallest absolute Gasteiger partial charge is 0.245 e. The zero-order chi connectivity index (χ0) is 9.68. The van der Waals surface area contributed by atoms with Crippen molar-refractivity contribution < 1.29 is 4.79 Å². The van der Waals surface area contributed by atoms with E-state index in [4.69, 9.17) is 0 Å². The third-order valence-corrected chi connectivity index (χ3v) is 3.50. The van der Waals surface area contributed by atoms with Crippen LogP contribution < -0.4 is 0 Å².